The van der Waals surface area contributed by atoms with E-state index in [1.807, 2.05) is 6.07 Å². The van der Waals surface area contributed by atoms with Crippen LogP contribution in [0, 0.1) is 11.3 Å². The van der Waals surface area contributed by atoms with Crippen molar-refractivity contribution in [2.45, 2.75) is 0 Å². The highest BCUT2D eigenvalue weighted by Gasteiger charge is 2.14. The fourth-order valence-corrected chi connectivity index (χ4v) is 1.75. The van der Waals surface area contributed by atoms with E-state index >= 15 is 0 Å². The van der Waals surface area contributed by atoms with E-state index in [-0.39, 0.29) is 17.3 Å². The zero-order valence-corrected chi connectivity index (χ0v) is 10.9. The highest BCUT2D eigenvalue weighted by Crippen LogP contribution is 2.23. The molecule has 1 amide bonds. The van der Waals surface area contributed by atoms with E-state index in [0.717, 1.165) is 0 Å². The van der Waals surface area contributed by atoms with E-state index in [1.54, 1.807) is 37.4 Å². The number of carbonyl (C=O) groups excluding carboxylic acids is 1. The highest BCUT2D eigenvalue weighted by atomic mass is 16.3. The lowest BCUT2D eigenvalue weighted by atomic mass is 10.1. The van der Waals surface area contributed by atoms with Gasteiger partial charge in [0.25, 0.3) is 5.91 Å². The number of hydrogen-bond donors (Lipinski definition) is 2. The van der Waals surface area contributed by atoms with Gasteiger partial charge in [-0.3, -0.25) is 4.79 Å². The lowest BCUT2D eigenvalue weighted by Crippen LogP contribution is -2.26. The molecular weight excluding hydrogens is 254 g/mol. The number of amides is 1. The maximum absolute atomic E-state index is 12.3. The molecule has 0 unspecified atom stereocenters. The topological polar surface area (TPSA) is 90.3 Å². The summed E-state index contributed by atoms with van der Waals surface area (Å²) in [5, 5.41) is 18.3. The Kier molecular flexibility index (Phi) is 3.58. The third kappa shape index (κ3) is 2.54. The lowest BCUT2D eigenvalue weighted by Gasteiger charge is -2.17. The van der Waals surface area contributed by atoms with Gasteiger partial charge in [0.05, 0.1) is 17.3 Å². The Morgan fingerprint density at radius 2 is 1.90 bits per heavy atom. The van der Waals surface area contributed by atoms with Crippen LogP contribution in [0.2, 0.25) is 0 Å². The van der Waals surface area contributed by atoms with Gasteiger partial charge in [0, 0.05) is 18.3 Å². The van der Waals surface area contributed by atoms with Gasteiger partial charge in [-0.05, 0) is 42.5 Å². The number of nitrogens with zero attached hydrogens (tertiary/aromatic N) is 2. The van der Waals surface area contributed by atoms with E-state index in [9.17, 15) is 9.90 Å². The van der Waals surface area contributed by atoms with Crippen LogP contribution in [0.25, 0.3) is 0 Å². The second kappa shape index (κ2) is 5.33. The monoisotopic (exact) mass is 267 g/mol. The smallest absolute Gasteiger partial charge is 0.258 e. The second-order valence-corrected chi connectivity index (χ2v) is 4.30. The normalized spacial score (nSPS) is 9.80. The van der Waals surface area contributed by atoms with E-state index in [4.69, 9.17) is 11.0 Å². The Bertz CT molecular complexity index is 687. The molecule has 0 bridgehead atoms. The summed E-state index contributed by atoms with van der Waals surface area (Å²) in [7, 11) is 1.62. The Hall–Kier alpha value is -3.00. The van der Waals surface area contributed by atoms with Crippen molar-refractivity contribution in [3.8, 4) is 11.8 Å². The number of rotatable bonds is 2. The molecule has 0 fully saturated rings. The van der Waals surface area contributed by atoms with E-state index < -0.39 is 0 Å². The van der Waals surface area contributed by atoms with Crippen molar-refractivity contribution in [2.75, 3.05) is 17.7 Å². The fraction of sp³-hybridized carbons (Fsp3) is 0.0667. The molecule has 20 heavy (non-hydrogen) atoms. The minimum Gasteiger partial charge on any atom is -0.506 e. The van der Waals surface area contributed by atoms with E-state index in [0.29, 0.717) is 16.8 Å². The standard InChI is InChI=1S/C15H13N3O2/c1-18(12-5-2-10(9-16)3-6-12)15(20)11-4-7-13(17)14(19)8-11/h2-8,19H,17H2,1H3. The molecule has 0 spiro atoms. The van der Waals surface area contributed by atoms with Gasteiger partial charge in [0.15, 0.2) is 0 Å². The van der Waals surface area contributed by atoms with Gasteiger partial charge < -0.3 is 15.7 Å². The molecule has 2 aromatic carbocycles. The van der Waals surface area contributed by atoms with Crippen molar-refractivity contribution in [3.05, 3.63) is 53.6 Å². The molecule has 5 heteroatoms. The number of anilines is 2. The average molecular weight is 267 g/mol. The molecule has 0 heterocycles. The van der Waals surface area contributed by atoms with Crippen molar-refractivity contribution >= 4 is 17.3 Å². The zero-order chi connectivity index (χ0) is 14.7. The van der Waals surface area contributed by atoms with Crippen LogP contribution in [0.1, 0.15) is 15.9 Å². The Morgan fingerprint density at radius 1 is 1.25 bits per heavy atom. The first-order valence-corrected chi connectivity index (χ1v) is 5.89. The van der Waals surface area contributed by atoms with Crippen molar-refractivity contribution in [1.29, 1.82) is 5.26 Å². The van der Waals surface area contributed by atoms with Crippen LogP contribution in [0.5, 0.6) is 5.75 Å². The average Bonchev–Trinajstić information content (AvgIpc) is 2.48. The molecule has 0 aliphatic carbocycles. The molecule has 0 aliphatic heterocycles. The number of aromatic hydroxyl groups is 1. The molecule has 5 nitrogen and oxygen atoms in total. The molecule has 100 valence electrons. The highest BCUT2D eigenvalue weighted by molar-refractivity contribution is 6.06. The Morgan fingerprint density at radius 3 is 2.45 bits per heavy atom. The minimum atomic E-state index is -0.273. The number of benzene rings is 2. The number of nitriles is 1. The summed E-state index contributed by atoms with van der Waals surface area (Å²) in [6, 6.07) is 13.0. The largest absolute Gasteiger partial charge is 0.506 e. The number of nitrogen functional groups attached to an aromatic ring is 1. The minimum absolute atomic E-state index is 0.121. The maximum atomic E-state index is 12.3. The van der Waals surface area contributed by atoms with Gasteiger partial charge in [-0.1, -0.05) is 0 Å². The zero-order valence-electron chi connectivity index (χ0n) is 10.9. The van der Waals surface area contributed by atoms with Crippen LogP contribution in [-0.4, -0.2) is 18.1 Å². The molecule has 0 aliphatic rings. The van der Waals surface area contributed by atoms with Gasteiger partial charge >= 0.3 is 0 Å². The second-order valence-electron chi connectivity index (χ2n) is 4.30. The number of nitrogens with two attached hydrogens (primary N) is 1. The summed E-state index contributed by atoms with van der Waals surface area (Å²) in [5.74, 6) is -0.394. The predicted molar refractivity (Wildman–Crippen MR) is 76.4 cm³/mol. The maximum Gasteiger partial charge on any atom is 0.258 e. The fourth-order valence-electron chi connectivity index (χ4n) is 1.75. The summed E-state index contributed by atoms with van der Waals surface area (Å²) < 4.78 is 0. The molecule has 0 radical (unpaired) electrons. The molecular formula is C15H13N3O2. The van der Waals surface area contributed by atoms with Gasteiger partial charge in [-0.25, -0.2) is 0 Å². The van der Waals surface area contributed by atoms with Crippen molar-refractivity contribution in [3.63, 3.8) is 0 Å². The first kappa shape index (κ1) is 13.4. The van der Waals surface area contributed by atoms with Crippen LogP contribution >= 0.6 is 0 Å². The SMILES string of the molecule is CN(C(=O)c1ccc(N)c(O)c1)c1ccc(C#N)cc1. The number of phenolic OH excluding ortho intramolecular Hbond substituents is 1. The molecule has 0 saturated carbocycles. The van der Waals surface area contributed by atoms with Crippen LogP contribution < -0.4 is 10.6 Å². The molecule has 2 aromatic rings. The van der Waals surface area contributed by atoms with Gasteiger partial charge in [0.1, 0.15) is 5.75 Å². The Labute approximate surface area is 116 Å². The summed E-state index contributed by atoms with van der Waals surface area (Å²) in [6.07, 6.45) is 0. The van der Waals surface area contributed by atoms with Crippen LogP contribution in [0.3, 0.4) is 0 Å². The lowest BCUT2D eigenvalue weighted by molar-refractivity contribution is 0.0992. The Balaban J connectivity index is 2.27. The van der Waals surface area contributed by atoms with Gasteiger partial charge in [-0.2, -0.15) is 5.26 Å². The number of hydrogen-bond acceptors (Lipinski definition) is 4. The molecule has 0 aromatic heterocycles. The number of carbonyl (C=O) groups is 1. The summed E-state index contributed by atoms with van der Waals surface area (Å²) in [6.45, 7) is 0. The summed E-state index contributed by atoms with van der Waals surface area (Å²) in [4.78, 5) is 13.7. The predicted octanol–water partition coefficient (Wildman–Crippen LogP) is 2.12. The van der Waals surface area contributed by atoms with Gasteiger partial charge in [0.2, 0.25) is 0 Å². The van der Waals surface area contributed by atoms with E-state index in [1.165, 1.54) is 17.0 Å². The third-order valence-corrected chi connectivity index (χ3v) is 2.97. The summed E-state index contributed by atoms with van der Waals surface area (Å²) >= 11 is 0. The first-order valence-electron chi connectivity index (χ1n) is 5.89. The first-order chi connectivity index (χ1) is 9.52. The summed E-state index contributed by atoms with van der Waals surface area (Å²) in [5.41, 5.74) is 7.25. The van der Waals surface area contributed by atoms with E-state index in [2.05, 4.69) is 0 Å². The van der Waals surface area contributed by atoms with Gasteiger partial charge in [-0.15, -0.1) is 0 Å². The molecule has 3 N–H and O–H groups in total. The van der Waals surface area contributed by atoms with Crippen molar-refractivity contribution in [2.24, 2.45) is 0 Å². The molecule has 0 atom stereocenters. The number of phenols is 1. The van der Waals surface area contributed by atoms with Crippen LogP contribution in [0.15, 0.2) is 42.5 Å². The van der Waals surface area contributed by atoms with Crippen molar-refractivity contribution < 1.29 is 9.90 Å². The van der Waals surface area contributed by atoms with Crippen molar-refractivity contribution in [1.82, 2.24) is 0 Å². The molecule has 0 saturated heterocycles. The molecule has 2 rings (SSSR count). The van der Waals surface area contributed by atoms with Crippen LogP contribution in [0.4, 0.5) is 11.4 Å². The quantitative estimate of drug-likeness (QED) is 0.644. The van der Waals surface area contributed by atoms with Crippen LogP contribution in [-0.2, 0) is 0 Å². The third-order valence-electron chi connectivity index (χ3n) is 2.97.